The second kappa shape index (κ2) is 7.21. The Balaban J connectivity index is 1.69. The molecule has 0 bridgehead atoms. The van der Waals surface area contributed by atoms with Crippen LogP contribution in [-0.4, -0.2) is 55.7 Å². The fraction of sp³-hybridized carbons (Fsp3) is 0.556. The molecule has 3 rings (SSSR count). The molecule has 0 spiro atoms. The van der Waals surface area contributed by atoms with Gasteiger partial charge in [-0.2, -0.15) is 0 Å². The van der Waals surface area contributed by atoms with Gasteiger partial charge in [0.05, 0.1) is 18.4 Å². The second-order valence-electron chi connectivity index (χ2n) is 6.20. The van der Waals surface area contributed by atoms with Crippen molar-refractivity contribution in [1.29, 1.82) is 0 Å². The quantitative estimate of drug-likeness (QED) is 0.840. The highest BCUT2D eigenvalue weighted by atomic mass is 16.5. The number of nitrogens with zero attached hydrogens (tertiary/aromatic N) is 2. The number of fused-ring (bicyclic) bond motifs is 1. The van der Waals surface area contributed by atoms with Crippen molar-refractivity contribution in [2.24, 2.45) is 0 Å². The summed E-state index contributed by atoms with van der Waals surface area (Å²) in [5, 5.41) is 0. The molecule has 6 heteroatoms. The van der Waals surface area contributed by atoms with Crippen molar-refractivity contribution in [2.75, 3.05) is 37.7 Å². The van der Waals surface area contributed by atoms with Crippen LogP contribution in [0.25, 0.3) is 0 Å². The SMILES string of the molecule is CCN1C(=O)CCc2c(OCC(=O)N3CCOC(C)C3)cccc21. The minimum absolute atomic E-state index is 0.0171. The number of rotatable bonds is 4. The van der Waals surface area contributed by atoms with Crippen LogP contribution in [0.15, 0.2) is 18.2 Å². The van der Waals surface area contributed by atoms with Gasteiger partial charge in [-0.3, -0.25) is 9.59 Å². The van der Waals surface area contributed by atoms with Crippen LogP contribution in [0.2, 0.25) is 0 Å². The number of morpholine rings is 1. The number of hydrogen-bond acceptors (Lipinski definition) is 4. The molecule has 2 amide bonds. The van der Waals surface area contributed by atoms with E-state index in [0.29, 0.717) is 44.8 Å². The van der Waals surface area contributed by atoms with Crippen molar-refractivity contribution < 1.29 is 19.1 Å². The summed E-state index contributed by atoms with van der Waals surface area (Å²) in [7, 11) is 0. The molecular formula is C18H24N2O4. The van der Waals surface area contributed by atoms with Gasteiger partial charge in [0.1, 0.15) is 5.75 Å². The molecule has 24 heavy (non-hydrogen) atoms. The lowest BCUT2D eigenvalue weighted by atomic mass is 10.00. The van der Waals surface area contributed by atoms with Crippen molar-refractivity contribution in [3.05, 3.63) is 23.8 Å². The molecular weight excluding hydrogens is 308 g/mol. The van der Waals surface area contributed by atoms with Gasteiger partial charge in [0.15, 0.2) is 6.61 Å². The fourth-order valence-electron chi connectivity index (χ4n) is 3.32. The highest BCUT2D eigenvalue weighted by Crippen LogP contribution is 2.34. The normalized spacial score (nSPS) is 20.8. The molecule has 0 saturated carbocycles. The number of ether oxygens (including phenoxy) is 2. The van der Waals surface area contributed by atoms with E-state index in [2.05, 4.69) is 0 Å². The summed E-state index contributed by atoms with van der Waals surface area (Å²) < 4.78 is 11.3. The number of carbonyl (C=O) groups excluding carboxylic acids is 2. The Kier molecular flexibility index (Phi) is 5.04. The number of amides is 2. The van der Waals surface area contributed by atoms with Crippen LogP contribution in [0, 0.1) is 0 Å². The molecule has 1 aromatic carbocycles. The molecule has 0 aliphatic carbocycles. The second-order valence-corrected chi connectivity index (χ2v) is 6.20. The highest BCUT2D eigenvalue weighted by Gasteiger charge is 2.26. The van der Waals surface area contributed by atoms with Crippen LogP contribution in [-0.2, 0) is 20.7 Å². The Morgan fingerprint density at radius 1 is 1.38 bits per heavy atom. The van der Waals surface area contributed by atoms with E-state index in [4.69, 9.17) is 9.47 Å². The molecule has 1 saturated heterocycles. The Morgan fingerprint density at radius 2 is 2.21 bits per heavy atom. The van der Waals surface area contributed by atoms with Gasteiger partial charge in [-0.05, 0) is 32.4 Å². The number of hydrogen-bond donors (Lipinski definition) is 0. The summed E-state index contributed by atoms with van der Waals surface area (Å²) in [5.74, 6) is 0.815. The Labute approximate surface area is 142 Å². The van der Waals surface area contributed by atoms with Gasteiger partial charge >= 0.3 is 0 Å². The predicted octanol–water partition coefficient (Wildman–Crippen LogP) is 1.61. The largest absolute Gasteiger partial charge is 0.483 e. The van der Waals surface area contributed by atoms with Crippen molar-refractivity contribution in [3.63, 3.8) is 0 Å². The fourth-order valence-corrected chi connectivity index (χ4v) is 3.32. The maximum Gasteiger partial charge on any atom is 0.260 e. The topological polar surface area (TPSA) is 59.1 Å². The van der Waals surface area contributed by atoms with Crippen LogP contribution >= 0.6 is 0 Å². The van der Waals surface area contributed by atoms with Crippen LogP contribution in [0.3, 0.4) is 0 Å². The summed E-state index contributed by atoms with van der Waals surface area (Å²) in [6.07, 6.45) is 1.20. The van der Waals surface area contributed by atoms with E-state index in [0.717, 1.165) is 11.3 Å². The van der Waals surface area contributed by atoms with Gasteiger partial charge < -0.3 is 19.3 Å². The molecule has 2 heterocycles. The van der Waals surface area contributed by atoms with Crippen LogP contribution in [0.5, 0.6) is 5.75 Å². The first kappa shape index (κ1) is 16.8. The van der Waals surface area contributed by atoms with Gasteiger partial charge in [-0.1, -0.05) is 6.07 Å². The third kappa shape index (κ3) is 3.38. The van der Waals surface area contributed by atoms with Crippen LogP contribution in [0.1, 0.15) is 25.8 Å². The molecule has 6 nitrogen and oxygen atoms in total. The van der Waals surface area contributed by atoms with Gasteiger partial charge in [0.25, 0.3) is 5.91 Å². The molecule has 0 aromatic heterocycles. The molecule has 0 radical (unpaired) electrons. The number of benzene rings is 1. The molecule has 1 fully saturated rings. The van der Waals surface area contributed by atoms with Gasteiger partial charge in [-0.25, -0.2) is 0 Å². The van der Waals surface area contributed by atoms with Crippen LogP contribution in [0.4, 0.5) is 5.69 Å². The van der Waals surface area contributed by atoms with Crippen molar-refractivity contribution in [1.82, 2.24) is 4.90 Å². The average Bonchev–Trinajstić information content (AvgIpc) is 2.59. The van der Waals surface area contributed by atoms with Crippen molar-refractivity contribution in [3.8, 4) is 5.75 Å². The molecule has 2 aliphatic heterocycles. The third-order valence-electron chi connectivity index (χ3n) is 4.55. The summed E-state index contributed by atoms with van der Waals surface area (Å²) in [6.45, 7) is 6.36. The molecule has 0 N–H and O–H groups in total. The first-order valence-electron chi connectivity index (χ1n) is 8.54. The van der Waals surface area contributed by atoms with Gasteiger partial charge in [0.2, 0.25) is 5.91 Å². The summed E-state index contributed by atoms with van der Waals surface area (Å²) >= 11 is 0. The summed E-state index contributed by atoms with van der Waals surface area (Å²) in [6, 6.07) is 5.68. The average molecular weight is 332 g/mol. The Hall–Kier alpha value is -2.08. The third-order valence-corrected chi connectivity index (χ3v) is 4.55. The summed E-state index contributed by atoms with van der Waals surface area (Å²) in [4.78, 5) is 27.9. The minimum Gasteiger partial charge on any atom is -0.483 e. The first-order valence-corrected chi connectivity index (χ1v) is 8.54. The highest BCUT2D eigenvalue weighted by molar-refractivity contribution is 5.96. The standard InChI is InChI=1S/C18H24N2O4/c1-3-20-15-5-4-6-16(14(15)7-8-17(20)21)24-12-18(22)19-9-10-23-13(2)11-19/h4-6,13H,3,7-12H2,1-2H3. The molecule has 2 aliphatic rings. The minimum atomic E-state index is -0.0259. The van der Waals surface area contributed by atoms with Crippen molar-refractivity contribution >= 4 is 17.5 Å². The Morgan fingerprint density at radius 3 is 2.96 bits per heavy atom. The van der Waals surface area contributed by atoms with Crippen LogP contribution < -0.4 is 9.64 Å². The lowest BCUT2D eigenvalue weighted by Gasteiger charge is -2.32. The maximum atomic E-state index is 12.3. The van der Waals surface area contributed by atoms with E-state index in [-0.39, 0.29) is 24.5 Å². The molecule has 1 aromatic rings. The monoisotopic (exact) mass is 332 g/mol. The van der Waals surface area contributed by atoms with E-state index >= 15 is 0 Å². The zero-order chi connectivity index (χ0) is 17.1. The zero-order valence-corrected chi connectivity index (χ0v) is 14.3. The molecule has 1 atom stereocenters. The zero-order valence-electron chi connectivity index (χ0n) is 14.3. The molecule has 1 unspecified atom stereocenters. The van der Waals surface area contributed by atoms with E-state index in [1.807, 2.05) is 32.0 Å². The van der Waals surface area contributed by atoms with E-state index in [9.17, 15) is 9.59 Å². The molecule has 130 valence electrons. The number of anilines is 1. The van der Waals surface area contributed by atoms with Gasteiger partial charge in [0, 0.05) is 31.6 Å². The lowest BCUT2D eigenvalue weighted by Crippen LogP contribution is -2.46. The lowest BCUT2D eigenvalue weighted by molar-refractivity contribution is -0.140. The van der Waals surface area contributed by atoms with E-state index < -0.39 is 0 Å². The van der Waals surface area contributed by atoms with E-state index in [1.54, 1.807) is 9.80 Å². The van der Waals surface area contributed by atoms with Gasteiger partial charge in [-0.15, -0.1) is 0 Å². The van der Waals surface area contributed by atoms with Crippen molar-refractivity contribution in [2.45, 2.75) is 32.8 Å². The first-order chi connectivity index (χ1) is 11.6. The Bertz CT molecular complexity index is 631. The smallest absolute Gasteiger partial charge is 0.260 e. The maximum absolute atomic E-state index is 12.3. The summed E-state index contributed by atoms with van der Waals surface area (Å²) in [5.41, 5.74) is 1.92. The number of carbonyl (C=O) groups is 2. The van der Waals surface area contributed by atoms with E-state index in [1.165, 1.54) is 0 Å². The predicted molar refractivity (Wildman–Crippen MR) is 90.3 cm³/mol.